The summed E-state index contributed by atoms with van der Waals surface area (Å²) < 4.78 is 59.2. The van der Waals surface area contributed by atoms with Crippen LogP contribution in [0.3, 0.4) is 0 Å². The first-order chi connectivity index (χ1) is 44.1. The molecule has 0 bridgehead atoms. The fraction of sp³-hybridized carbons (Fsp3) is 0.895. The maximum absolute atomic E-state index is 13.7. The molecule has 20 N–H and O–H groups in total. The van der Waals surface area contributed by atoms with Crippen LogP contribution in [-0.4, -0.2) is 326 Å². The number of aliphatic hydroxyl groups is 16. The van der Waals surface area contributed by atoms with Gasteiger partial charge >= 0.3 is 5.97 Å². The number of aliphatic carboxylic acids is 1. The van der Waals surface area contributed by atoms with E-state index in [-0.39, 0.29) is 0 Å². The van der Waals surface area contributed by atoms with E-state index < -0.39 is 246 Å². The Balaban J connectivity index is 1.46. The van der Waals surface area contributed by atoms with Crippen molar-refractivity contribution in [2.45, 2.75) is 280 Å². The largest absolute Gasteiger partial charge is 0.477 e. The Morgan fingerprint density at radius 2 is 1.08 bits per heavy atom. The maximum atomic E-state index is 13.7. The summed E-state index contributed by atoms with van der Waals surface area (Å²) in [5, 5.41) is 194. The number of amides is 3. The van der Waals surface area contributed by atoms with Gasteiger partial charge in [0.1, 0.15) is 116 Å². The van der Waals surface area contributed by atoms with E-state index in [1.165, 1.54) is 44.6 Å². The smallest absolute Gasteiger partial charge is 0.364 e. The van der Waals surface area contributed by atoms with Gasteiger partial charge in [-0.15, -0.1) is 0 Å². The quantitative estimate of drug-likeness (QED) is 0.0156. The average Bonchev–Trinajstić information content (AvgIpc) is 1.40. The molecule has 3 amide bonds. The van der Waals surface area contributed by atoms with Gasteiger partial charge in [0, 0.05) is 20.3 Å². The summed E-state index contributed by atoms with van der Waals surface area (Å²) in [6, 6.07) is -5.01. The zero-order valence-electron chi connectivity index (χ0n) is 51.8. The number of ether oxygens (including phenoxy) is 10. The van der Waals surface area contributed by atoms with Gasteiger partial charge in [-0.05, 0) is 12.8 Å². The van der Waals surface area contributed by atoms with E-state index in [1.807, 2.05) is 0 Å². The number of carbonyl (C=O) groups excluding carboxylic acids is 3. The van der Waals surface area contributed by atoms with Gasteiger partial charge in [-0.1, -0.05) is 106 Å². The predicted molar refractivity (Wildman–Crippen MR) is 314 cm³/mol. The fourth-order valence-electron chi connectivity index (χ4n) is 11.6. The highest BCUT2D eigenvalue weighted by Gasteiger charge is 2.62. The number of unbranched alkanes of at least 4 members (excludes halogenated alkanes) is 11. The summed E-state index contributed by atoms with van der Waals surface area (Å²) in [6.45, 7) is -2.18. The van der Waals surface area contributed by atoms with Crippen LogP contribution in [0.5, 0.6) is 0 Å². The van der Waals surface area contributed by atoms with Crippen LogP contribution in [-0.2, 0) is 66.5 Å². The summed E-state index contributed by atoms with van der Waals surface area (Å²) in [4.78, 5) is 50.2. The van der Waals surface area contributed by atoms with Gasteiger partial charge in [0.2, 0.25) is 11.8 Å². The van der Waals surface area contributed by atoms with Gasteiger partial charge in [-0.2, -0.15) is 0 Å². The molecule has 0 saturated carbocycles. The lowest BCUT2D eigenvalue weighted by Gasteiger charge is -2.52. The second-order valence-electron chi connectivity index (χ2n) is 23.8. The minimum atomic E-state index is -3.39. The third kappa shape index (κ3) is 21.8. The van der Waals surface area contributed by atoms with E-state index in [0.29, 0.717) is 6.42 Å². The second kappa shape index (κ2) is 39.1. The highest BCUT2D eigenvalue weighted by molar-refractivity contribution is 6.53. The molecule has 5 rings (SSSR count). The van der Waals surface area contributed by atoms with Crippen LogP contribution in [0, 0.1) is 0 Å². The van der Waals surface area contributed by atoms with E-state index in [0.717, 1.165) is 46.0 Å². The zero-order valence-corrected chi connectivity index (χ0v) is 53.3. The van der Waals surface area contributed by atoms with E-state index in [9.17, 15) is 106 Å². The Labute approximate surface area is 546 Å². The minimum absolute atomic E-state index is 0.578. The number of nitrogens with one attached hydrogen (secondary N) is 3. The monoisotopic (exact) mass is 1390 g/mol. The predicted octanol–water partition coefficient (Wildman–Crippen LogP) is -6.50. The lowest BCUT2D eigenvalue weighted by atomic mass is 9.88. The van der Waals surface area contributed by atoms with Crippen LogP contribution in [0.2, 0.25) is 0 Å². The molecule has 5 fully saturated rings. The van der Waals surface area contributed by atoms with Crippen LogP contribution in [0.15, 0.2) is 12.2 Å². The standard InChI is InChI=1S/C57H97Cl2N3O31/c1-4-5-6-7-8-9-10-11-12-13-14-15-16-17-28(70)27(62-51(81)50(58)59)24-84-53-43(79)41(77)45(33(22-66)87-53)89-55-44(80)49(93-57(56(82)83)18-29(71)35(60-25(2)68)48(92-57)37(73)30(72)19-63)46(34(23-67)88-55)90-52-36(61-26(3)69)47(39(75)32(21-65)85-52)91-54-42(78)40(76)38(74)31(20-64)86-54/h16-17,27-50,52-55,63-67,70-80H,4-15,18-24H2,1-3H3,(H,60,68)(H,61,69)(H,62,81)(H,82,83). The van der Waals surface area contributed by atoms with E-state index in [4.69, 9.17) is 70.6 Å². The summed E-state index contributed by atoms with van der Waals surface area (Å²) in [6.07, 6.45) is -35.1. The van der Waals surface area contributed by atoms with E-state index >= 15 is 0 Å². The number of aliphatic hydroxyl groups excluding tert-OH is 16. The van der Waals surface area contributed by atoms with Gasteiger partial charge in [0.15, 0.2) is 30.0 Å². The molecular formula is C57H97Cl2N3O31. The number of alkyl halides is 2. The highest BCUT2D eigenvalue weighted by atomic mass is 35.5. The number of hydrogen-bond donors (Lipinski definition) is 20. The van der Waals surface area contributed by atoms with Crippen LogP contribution in [0.4, 0.5) is 0 Å². The summed E-state index contributed by atoms with van der Waals surface area (Å²) >= 11 is 11.6. The van der Waals surface area contributed by atoms with Crippen LogP contribution in [0.1, 0.15) is 104 Å². The molecule has 0 aliphatic carbocycles. The van der Waals surface area contributed by atoms with Crippen molar-refractivity contribution in [2.24, 2.45) is 0 Å². The number of allylic oxidation sites excluding steroid dienone is 1. The second-order valence-corrected chi connectivity index (χ2v) is 24.9. The third-order valence-electron chi connectivity index (χ3n) is 16.8. The molecule has 34 nitrogen and oxygen atoms in total. The summed E-state index contributed by atoms with van der Waals surface area (Å²) in [5.41, 5.74) is 0. The number of carbonyl (C=O) groups is 4. The minimum Gasteiger partial charge on any atom is -0.477 e. The molecule has 0 spiro atoms. The van der Waals surface area contributed by atoms with Crippen molar-refractivity contribution >= 4 is 46.9 Å². The molecule has 5 saturated heterocycles. The topological polar surface area (TPSA) is 541 Å². The SMILES string of the molecule is CCCCCCCCCCCCCC=CC(O)C(COC1OC(CO)C(OC2OC(CO)C(OC3OC(CO)C(O)C(OC4OC(CO)C(O)C(O)C4O)C3NC(C)=O)C(OC3(C(=O)O)CC(O)C(NC(C)=O)C(C(O)C(O)CO)O3)C2O)C(O)C1O)NC(=O)C(Cl)Cl. The van der Waals surface area contributed by atoms with Gasteiger partial charge in [-0.25, -0.2) is 4.79 Å². The molecule has 5 aliphatic heterocycles. The number of rotatable bonds is 37. The molecule has 540 valence electrons. The van der Waals surface area contributed by atoms with Crippen LogP contribution < -0.4 is 16.0 Å². The van der Waals surface area contributed by atoms with Gasteiger partial charge < -0.3 is 150 Å². The summed E-state index contributed by atoms with van der Waals surface area (Å²) in [5.74, 6) is -8.32. The molecule has 0 aromatic heterocycles. The first-order valence-electron chi connectivity index (χ1n) is 31.2. The van der Waals surface area contributed by atoms with Crippen molar-refractivity contribution in [1.82, 2.24) is 16.0 Å². The summed E-state index contributed by atoms with van der Waals surface area (Å²) in [7, 11) is 0. The van der Waals surface area contributed by atoms with Gasteiger partial charge in [0.05, 0.1) is 63.9 Å². The number of carboxylic acid groups (broad SMARTS) is 1. The number of carboxylic acids is 1. The number of halogens is 2. The van der Waals surface area contributed by atoms with Crippen LogP contribution >= 0.6 is 23.2 Å². The normalized spacial score (nSPS) is 38.1. The molecule has 5 aliphatic rings. The molecule has 5 heterocycles. The third-order valence-corrected chi connectivity index (χ3v) is 17.2. The molecule has 28 atom stereocenters. The average molecular weight is 1390 g/mol. The van der Waals surface area contributed by atoms with Crippen molar-refractivity contribution in [3.8, 4) is 0 Å². The van der Waals surface area contributed by atoms with Crippen molar-refractivity contribution in [1.29, 1.82) is 0 Å². The van der Waals surface area contributed by atoms with Crippen molar-refractivity contribution in [3.05, 3.63) is 12.2 Å². The molecule has 93 heavy (non-hydrogen) atoms. The molecule has 28 unspecified atom stereocenters. The lowest BCUT2D eigenvalue weighted by molar-refractivity contribution is -0.403. The van der Waals surface area contributed by atoms with E-state index in [1.54, 1.807) is 6.08 Å². The highest BCUT2D eigenvalue weighted by Crippen LogP contribution is 2.41. The van der Waals surface area contributed by atoms with Gasteiger partial charge in [-0.3, -0.25) is 14.4 Å². The Morgan fingerprint density at radius 1 is 0.581 bits per heavy atom. The Morgan fingerprint density at radius 3 is 1.63 bits per heavy atom. The Hall–Kier alpha value is -2.84. The maximum Gasteiger partial charge on any atom is 0.364 e. The zero-order chi connectivity index (χ0) is 69.0. The molecule has 0 radical (unpaired) electrons. The van der Waals surface area contributed by atoms with E-state index in [2.05, 4.69) is 22.9 Å². The lowest BCUT2D eigenvalue weighted by Crippen LogP contribution is -2.72. The first kappa shape index (κ1) is 80.8. The van der Waals surface area contributed by atoms with Crippen molar-refractivity contribution in [2.75, 3.05) is 39.6 Å². The number of hydrogen-bond acceptors (Lipinski definition) is 30. The van der Waals surface area contributed by atoms with Crippen molar-refractivity contribution in [3.63, 3.8) is 0 Å². The fourth-order valence-corrected chi connectivity index (χ4v) is 11.7. The molecule has 0 aromatic carbocycles. The Bertz CT molecular complexity index is 2280. The van der Waals surface area contributed by atoms with Crippen molar-refractivity contribution < 1.29 is 153 Å². The van der Waals surface area contributed by atoms with Gasteiger partial charge in [0.25, 0.3) is 11.7 Å². The molecule has 0 aromatic rings. The Kier molecular flexibility index (Phi) is 34.0. The molecule has 36 heteroatoms. The van der Waals surface area contributed by atoms with Crippen LogP contribution in [0.25, 0.3) is 0 Å². The molecular weight excluding hydrogens is 1290 g/mol. The first-order valence-corrected chi connectivity index (χ1v) is 32.1.